The van der Waals surface area contributed by atoms with Gasteiger partial charge in [-0.05, 0) is 30.3 Å². The fourth-order valence-electron chi connectivity index (χ4n) is 1.90. The molecule has 0 bridgehead atoms. The normalized spacial score (nSPS) is 10.7. The Morgan fingerprint density at radius 2 is 2.10 bits per heavy atom. The lowest BCUT2D eigenvalue weighted by Gasteiger charge is -2.04. The quantitative estimate of drug-likeness (QED) is 0.776. The van der Waals surface area contributed by atoms with E-state index in [1.165, 1.54) is 18.2 Å². The van der Waals surface area contributed by atoms with Crippen molar-refractivity contribution in [1.82, 2.24) is 10.3 Å². The summed E-state index contributed by atoms with van der Waals surface area (Å²) in [4.78, 5) is 16.5. The van der Waals surface area contributed by atoms with Crippen LogP contribution in [-0.4, -0.2) is 16.0 Å². The number of hydrogen-bond donors (Lipinski definition) is 2. The lowest BCUT2D eigenvalue weighted by molar-refractivity contribution is 0.0951. The molecule has 0 aliphatic carbocycles. The van der Waals surface area contributed by atoms with Crippen LogP contribution in [0, 0.1) is 0 Å². The standard InChI is InChI=1S/C15H11ClN2O2S/c16-10-7-9(5-6-12(10)19)15(20)17-8-14-18-11-3-1-2-4-13(11)21-14/h1-7,19H,8H2,(H,17,20). The number of halogens is 1. The van der Waals surface area contributed by atoms with Crippen molar-refractivity contribution in [2.24, 2.45) is 0 Å². The zero-order valence-electron chi connectivity index (χ0n) is 10.8. The maximum Gasteiger partial charge on any atom is 0.251 e. The highest BCUT2D eigenvalue weighted by Crippen LogP contribution is 2.24. The van der Waals surface area contributed by atoms with Crippen molar-refractivity contribution in [3.63, 3.8) is 0 Å². The zero-order valence-corrected chi connectivity index (χ0v) is 12.4. The molecule has 1 amide bonds. The van der Waals surface area contributed by atoms with Gasteiger partial charge in [0.25, 0.3) is 5.91 Å². The van der Waals surface area contributed by atoms with Gasteiger partial charge in [-0.2, -0.15) is 0 Å². The van der Waals surface area contributed by atoms with Crippen LogP contribution in [0.4, 0.5) is 0 Å². The minimum atomic E-state index is -0.254. The lowest BCUT2D eigenvalue weighted by Crippen LogP contribution is -2.22. The SMILES string of the molecule is O=C(NCc1nc2ccccc2s1)c1ccc(O)c(Cl)c1. The predicted molar refractivity (Wildman–Crippen MR) is 83.9 cm³/mol. The minimum absolute atomic E-state index is 0.0422. The van der Waals surface area contributed by atoms with Gasteiger partial charge in [0.2, 0.25) is 0 Å². The molecule has 1 heterocycles. The third-order valence-electron chi connectivity index (χ3n) is 2.95. The summed E-state index contributed by atoms with van der Waals surface area (Å²) in [5.41, 5.74) is 1.33. The molecular formula is C15H11ClN2O2S. The Hall–Kier alpha value is -2.11. The summed E-state index contributed by atoms with van der Waals surface area (Å²) in [6, 6.07) is 12.2. The first-order valence-corrected chi connectivity index (χ1v) is 7.44. The zero-order chi connectivity index (χ0) is 14.8. The number of amides is 1. The van der Waals surface area contributed by atoms with Crippen LogP contribution in [0.2, 0.25) is 5.02 Å². The number of phenols is 1. The Bertz CT molecular complexity index is 783. The number of nitrogens with zero attached hydrogens (tertiary/aromatic N) is 1. The van der Waals surface area contributed by atoms with Crippen LogP contribution in [0.1, 0.15) is 15.4 Å². The summed E-state index contributed by atoms with van der Waals surface area (Å²) < 4.78 is 1.09. The second kappa shape index (κ2) is 5.71. The van der Waals surface area contributed by atoms with Crippen molar-refractivity contribution in [2.75, 3.05) is 0 Å². The number of aromatic hydroxyl groups is 1. The Kier molecular flexibility index (Phi) is 3.77. The van der Waals surface area contributed by atoms with E-state index in [1.54, 1.807) is 11.3 Å². The smallest absolute Gasteiger partial charge is 0.251 e. The van der Waals surface area contributed by atoms with Crippen LogP contribution in [0.25, 0.3) is 10.2 Å². The number of aromatic nitrogens is 1. The summed E-state index contributed by atoms with van der Waals surface area (Å²) >= 11 is 7.34. The first-order chi connectivity index (χ1) is 10.1. The van der Waals surface area contributed by atoms with Crippen LogP contribution in [-0.2, 0) is 6.54 Å². The van der Waals surface area contributed by atoms with Crippen LogP contribution in [0.15, 0.2) is 42.5 Å². The Morgan fingerprint density at radius 1 is 1.29 bits per heavy atom. The molecule has 2 N–H and O–H groups in total. The number of carbonyl (C=O) groups excluding carboxylic acids is 1. The molecule has 0 spiro atoms. The largest absolute Gasteiger partial charge is 0.506 e. The van der Waals surface area contributed by atoms with Gasteiger partial charge < -0.3 is 10.4 Å². The van der Waals surface area contributed by atoms with Gasteiger partial charge in [0.1, 0.15) is 10.8 Å². The first kappa shape index (κ1) is 13.9. The third kappa shape index (κ3) is 2.99. The molecule has 21 heavy (non-hydrogen) atoms. The average Bonchev–Trinajstić information content (AvgIpc) is 2.90. The molecule has 0 atom stereocenters. The van der Waals surface area contributed by atoms with E-state index in [9.17, 15) is 9.90 Å². The summed E-state index contributed by atoms with van der Waals surface area (Å²) in [7, 11) is 0. The van der Waals surface area contributed by atoms with E-state index in [0.29, 0.717) is 12.1 Å². The highest BCUT2D eigenvalue weighted by Gasteiger charge is 2.09. The van der Waals surface area contributed by atoms with E-state index in [4.69, 9.17) is 11.6 Å². The number of benzene rings is 2. The number of phenolic OH excluding ortho intramolecular Hbond substituents is 1. The molecular weight excluding hydrogens is 308 g/mol. The van der Waals surface area contributed by atoms with Gasteiger partial charge in [-0.1, -0.05) is 23.7 Å². The molecule has 3 rings (SSSR count). The predicted octanol–water partition coefficient (Wildman–Crippen LogP) is 3.59. The molecule has 1 aromatic heterocycles. The lowest BCUT2D eigenvalue weighted by atomic mass is 10.2. The molecule has 0 radical (unpaired) electrons. The maximum absolute atomic E-state index is 12.0. The van der Waals surface area contributed by atoms with Gasteiger partial charge in [0.15, 0.2) is 0 Å². The number of fused-ring (bicyclic) bond motifs is 1. The van der Waals surface area contributed by atoms with E-state index in [2.05, 4.69) is 10.3 Å². The van der Waals surface area contributed by atoms with Crippen molar-refractivity contribution in [3.8, 4) is 5.75 Å². The Morgan fingerprint density at radius 3 is 2.86 bits per heavy atom. The van der Waals surface area contributed by atoms with Crippen molar-refractivity contribution >= 4 is 39.1 Å². The number of hydrogen-bond acceptors (Lipinski definition) is 4. The van der Waals surface area contributed by atoms with Crippen molar-refractivity contribution in [2.45, 2.75) is 6.54 Å². The van der Waals surface area contributed by atoms with E-state index < -0.39 is 0 Å². The molecule has 0 aliphatic heterocycles. The second-order valence-electron chi connectivity index (χ2n) is 4.42. The maximum atomic E-state index is 12.0. The fourth-order valence-corrected chi connectivity index (χ4v) is 2.99. The molecule has 0 saturated heterocycles. The van der Waals surface area contributed by atoms with E-state index in [-0.39, 0.29) is 16.7 Å². The van der Waals surface area contributed by atoms with Gasteiger partial charge >= 0.3 is 0 Å². The van der Waals surface area contributed by atoms with Gasteiger partial charge in [-0.3, -0.25) is 4.79 Å². The molecule has 0 fully saturated rings. The van der Waals surface area contributed by atoms with Crippen LogP contribution in [0.3, 0.4) is 0 Å². The summed E-state index contributed by atoms with van der Waals surface area (Å²) in [5.74, 6) is -0.296. The van der Waals surface area contributed by atoms with Crippen molar-refractivity contribution in [3.05, 3.63) is 58.1 Å². The topological polar surface area (TPSA) is 62.2 Å². The van der Waals surface area contributed by atoms with E-state index >= 15 is 0 Å². The molecule has 0 saturated carbocycles. The summed E-state index contributed by atoms with van der Waals surface area (Å²) in [5, 5.41) is 13.1. The number of nitrogens with one attached hydrogen (secondary N) is 1. The van der Waals surface area contributed by atoms with Gasteiger partial charge in [0, 0.05) is 5.56 Å². The first-order valence-electron chi connectivity index (χ1n) is 6.24. The van der Waals surface area contributed by atoms with E-state index in [0.717, 1.165) is 15.2 Å². The monoisotopic (exact) mass is 318 g/mol. The van der Waals surface area contributed by atoms with Gasteiger partial charge in [-0.15, -0.1) is 11.3 Å². The van der Waals surface area contributed by atoms with Crippen molar-refractivity contribution < 1.29 is 9.90 Å². The average molecular weight is 319 g/mol. The molecule has 4 nitrogen and oxygen atoms in total. The third-order valence-corrected chi connectivity index (χ3v) is 4.29. The second-order valence-corrected chi connectivity index (χ2v) is 5.95. The highest BCUT2D eigenvalue weighted by atomic mass is 35.5. The number of rotatable bonds is 3. The molecule has 2 aromatic carbocycles. The molecule has 0 unspecified atom stereocenters. The van der Waals surface area contributed by atoms with Crippen LogP contribution in [0.5, 0.6) is 5.75 Å². The van der Waals surface area contributed by atoms with E-state index in [1.807, 2.05) is 24.3 Å². The molecule has 0 aliphatic rings. The Labute approximate surface area is 130 Å². The highest BCUT2D eigenvalue weighted by molar-refractivity contribution is 7.18. The number of carbonyl (C=O) groups is 1. The van der Waals surface area contributed by atoms with Gasteiger partial charge in [-0.25, -0.2) is 4.98 Å². The Balaban J connectivity index is 1.71. The molecule has 106 valence electrons. The van der Waals surface area contributed by atoms with Crippen LogP contribution >= 0.6 is 22.9 Å². The van der Waals surface area contributed by atoms with Crippen molar-refractivity contribution in [1.29, 1.82) is 0 Å². The fraction of sp³-hybridized carbons (Fsp3) is 0.0667. The van der Waals surface area contributed by atoms with Crippen LogP contribution < -0.4 is 5.32 Å². The molecule has 3 aromatic rings. The number of thiazole rings is 1. The summed E-state index contributed by atoms with van der Waals surface area (Å²) in [6.45, 7) is 0.358. The number of para-hydroxylation sites is 1. The molecule has 6 heteroatoms. The summed E-state index contributed by atoms with van der Waals surface area (Å²) in [6.07, 6.45) is 0. The van der Waals surface area contributed by atoms with Gasteiger partial charge in [0.05, 0.1) is 21.8 Å². The minimum Gasteiger partial charge on any atom is -0.506 e.